The fourth-order valence-corrected chi connectivity index (χ4v) is 3.72. The number of benzene rings is 2. The predicted molar refractivity (Wildman–Crippen MR) is 89.1 cm³/mol. The van der Waals surface area contributed by atoms with Crippen molar-refractivity contribution < 1.29 is 14.2 Å². The summed E-state index contributed by atoms with van der Waals surface area (Å²) in [6.07, 6.45) is 1.28. The Labute approximate surface area is 136 Å². The van der Waals surface area contributed by atoms with Gasteiger partial charge < -0.3 is 9.84 Å². The van der Waals surface area contributed by atoms with Gasteiger partial charge in [-0.1, -0.05) is 44.2 Å². The highest BCUT2D eigenvalue weighted by atomic mass is 19.1. The third kappa shape index (κ3) is 2.91. The summed E-state index contributed by atoms with van der Waals surface area (Å²) in [5.41, 5.74) is 4.61. The van der Waals surface area contributed by atoms with Crippen molar-refractivity contribution in [2.45, 2.75) is 44.8 Å². The van der Waals surface area contributed by atoms with E-state index in [1.54, 1.807) is 6.07 Å². The first-order valence-corrected chi connectivity index (χ1v) is 8.38. The Balaban J connectivity index is 0.000000753. The van der Waals surface area contributed by atoms with Crippen LogP contribution in [0.3, 0.4) is 0 Å². The lowest BCUT2D eigenvalue weighted by molar-refractivity contribution is 0.00829. The Kier molecular flexibility index (Phi) is 4.79. The molecule has 0 bridgehead atoms. The van der Waals surface area contributed by atoms with E-state index in [2.05, 4.69) is 12.1 Å². The lowest BCUT2D eigenvalue weighted by Crippen LogP contribution is -2.11. The van der Waals surface area contributed by atoms with Crippen LogP contribution >= 0.6 is 0 Å². The van der Waals surface area contributed by atoms with Crippen molar-refractivity contribution in [2.75, 3.05) is 6.61 Å². The molecule has 3 atom stereocenters. The summed E-state index contributed by atoms with van der Waals surface area (Å²) in [5, 5.41) is 9.43. The molecule has 1 unspecified atom stereocenters. The molecular formula is C20H23FO2. The second-order valence-electron chi connectivity index (χ2n) is 5.92. The van der Waals surface area contributed by atoms with Gasteiger partial charge in [-0.25, -0.2) is 4.39 Å². The Morgan fingerprint density at radius 3 is 2.61 bits per heavy atom. The summed E-state index contributed by atoms with van der Waals surface area (Å²) in [7, 11) is 0. The van der Waals surface area contributed by atoms with Crippen LogP contribution in [0, 0.1) is 5.82 Å². The quantitative estimate of drug-likeness (QED) is 0.847. The van der Waals surface area contributed by atoms with E-state index in [9.17, 15) is 9.50 Å². The fraction of sp³-hybridized carbons (Fsp3) is 0.400. The number of ether oxygens (including phenoxy) is 1. The fourth-order valence-electron chi connectivity index (χ4n) is 3.72. The maximum Gasteiger partial charge on any atom is 0.123 e. The molecule has 0 spiro atoms. The van der Waals surface area contributed by atoms with Gasteiger partial charge >= 0.3 is 0 Å². The molecule has 1 N–H and O–H groups in total. The summed E-state index contributed by atoms with van der Waals surface area (Å²) in [6, 6.07) is 13.3. The van der Waals surface area contributed by atoms with Crippen LogP contribution in [0.25, 0.3) is 0 Å². The second kappa shape index (κ2) is 6.81. The minimum Gasteiger partial charge on any atom is -0.394 e. The molecule has 1 aliphatic carbocycles. The standard InChI is InChI=1S/C18H17FO2.C2H6/c19-13-6-5-12-7-11-3-1-2-4-15(11)17-9-14(10-20)21-18(17)16(12)8-13;1-2/h1-6,8,14,17-18,20H,7,9-10H2;1-2H3/t14-,17-,18?;/m1./s1. The van der Waals surface area contributed by atoms with E-state index in [1.807, 2.05) is 32.0 Å². The Hall–Kier alpha value is -1.71. The van der Waals surface area contributed by atoms with Crippen LogP contribution < -0.4 is 0 Å². The molecule has 3 heteroatoms. The zero-order chi connectivity index (χ0) is 16.4. The second-order valence-corrected chi connectivity index (χ2v) is 5.92. The van der Waals surface area contributed by atoms with Crippen LogP contribution in [0.5, 0.6) is 0 Å². The van der Waals surface area contributed by atoms with Crippen LogP contribution in [-0.2, 0) is 11.2 Å². The third-order valence-electron chi connectivity index (χ3n) is 4.67. The first-order chi connectivity index (χ1) is 11.3. The summed E-state index contributed by atoms with van der Waals surface area (Å²) in [6.45, 7) is 4.01. The summed E-state index contributed by atoms with van der Waals surface area (Å²) in [4.78, 5) is 0. The van der Waals surface area contributed by atoms with Crippen molar-refractivity contribution in [3.63, 3.8) is 0 Å². The zero-order valence-electron chi connectivity index (χ0n) is 13.6. The van der Waals surface area contributed by atoms with Gasteiger partial charge in [0.1, 0.15) is 5.82 Å². The molecule has 1 fully saturated rings. The van der Waals surface area contributed by atoms with E-state index in [0.29, 0.717) is 0 Å². The van der Waals surface area contributed by atoms with Crippen molar-refractivity contribution in [3.8, 4) is 0 Å². The van der Waals surface area contributed by atoms with Gasteiger partial charge in [0.2, 0.25) is 0 Å². The van der Waals surface area contributed by atoms with Gasteiger partial charge in [-0.05, 0) is 47.2 Å². The molecule has 4 rings (SSSR count). The first-order valence-electron chi connectivity index (χ1n) is 8.38. The maximum absolute atomic E-state index is 13.7. The average Bonchev–Trinajstić information content (AvgIpc) is 2.98. The van der Waals surface area contributed by atoms with Gasteiger partial charge in [-0.2, -0.15) is 0 Å². The zero-order valence-corrected chi connectivity index (χ0v) is 13.6. The summed E-state index contributed by atoms with van der Waals surface area (Å²) < 4.78 is 19.7. The largest absolute Gasteiger partial charge is 0.394 e. The number of aliphatic hydroxyl groups is 1. The monoisotopic (exact) mass is 314 g/mol. The molecule has 1 aliphatic heterocycles. The molecule has 2 nitrogen and oxygen atoms in total. The van der Waals surface area contributed by atoms with Crippen LogP contribution in [-0.4, -0.2) is 17.8 Å². The van der Waals surface area contributed by atoms with Crippen LogP contribution in [0.4, 0.5) is 4.39 Å². The number of fused-ring (bicyclic) bond motifs is 5. The molecule has 0 saturated carbocycles. The van der Waals surface area contributed by atoms with Gasteiger partial charge in [0.15, 0.2) is 0 Å². The molecule has 23 heavy (non-hydrogen) atoms. The van der Waals surface area contributed by atoms with Gasteiger partial charge in [0, 0.05) is 5.92 Å². The lowest BCUT2D eigenvalue weighted by atomic mass is 9.87. The van der Waals surface area contributed by atoms with E-state index in [0.717, 1.165) is 24.0 Å². The highest BCUT2D eigenvalue weighted by molar-refractivity contribution is 5.45. The van der Waals surface area contributed by atoms with Gasteiger partial charge in [0.25, 0.3) is 0 Å². The van der Waals surface area contributed by atoms with Crippen molar-refractivity contribution in [1.29, 1.82) is 0 Å². The highest BCUT2D eigenvalue weighted by Gasteiger charge is 2.40. The number of aliphatic hydroxyl groups excluding tert-OH is 1. The third-order valence-corrected chi connectivity index (χ3v) is 4.67. The molecule has 122 valence electrons. The molecule has 0 amide bonds. The molecule has 0 aromatic heterocycles. The van der Waals surface area contributed by atoms with Gasteiger partial charge in [0.05, 0.1) is 18.8 Å². The molecule has 0 radical (unpaired) electrons. The number of halogens is 1. The molecule has 1 heterocycles. The first kappa shape index (κ1) is 16.2. The topological polar surface area (TPSA) is 29.5 Å². The van der Waals surface area contributed by atoms with Crippen LogP contribution in [0.15, 0.2) is 42.5 Å². The predicted octanol–water partition coefficient (Wildman–Crippen LogP) is 4.36. The maximum atomic E-state index is 13.7. The average molecular weight is 314 g/mol. The number of hydrogen-bond acceptors (Lipinski definition) is 2. The van der Waals surface area contributed by atoms with Crippen LogP contribution in [0.2, 0.25) is 0 Å². The number of hydrogen-bond donors (Lipinski definition) is 1. The smallest absolute Gasteiger partial charge is 0.123 e. The molecule has 2 aromatic carbocycles. The van der Waals surface area contributed by atoms with E-state index >= 15 is 0 Å². The van der Waals surface area contributed by atoms with E-state index in [4.69, 9.17) is 4.74 Å². The minimum atomic E-state index is -0.227. The van der Waals surface area contributed by atoms with E-state index in [-0.39, 0.29) is 30.5 Å². The minimum absolute atomic E-state index is 0.0137. The molecule has 1 saturated heterocycles. The SMILES string of the molecule is CC.OC[C@H]1C[C@@H]2c3ccccc3Cc3ccc(F)cc3C2O1. The van der Waals surface area contributed by atoms with E-state index in [1.165, 1.54) is 17.2 Å². The van der Waals surface area contributed by atoms with Crippen molar-refractivity contribution >= 4 is 0 Å². The Morgan fingerprint density at radius 2 is 1.83 bits per heavy atom. The summed E-state index contributed by atoms with van der Waals surface area (Å²) >= 11 is 0. The van der Waals surface area contributed by atoms with Crippen molar-refractivity contribution in [3.05, 3.63) is 70.5 Å². The Morgan fingerprint density at radius 1 is 1.09 bits per heavy atom. The normalized spacial score (nSPS) is 24.6. The van der Waals surface area contributed by atoms with Crippen molar-refractivity contribution in [2.24, 2.45) is 0 Å². The highest BCUT2D eigenvalue weighted by Crippen LogP contribution is 2.49. The van der Waals surface area contributed by atoms with Crippen molar-refractivity contribution in [1.82, 2.24) is 0 Å². The van der Waals surface area contributed by atoms with E-state index < -0.39 is 0 Å². The van der Waals surface area contributed by atoms with Gasteiger partial charge in [-0.3, -0.25) is 0 Å². The lowest BCUT2D eigenvalue weighted by Gasteiger charge is -2.19. The summed E-state index contributed by atoms with van der Waals surface area (Å²) in [5.74, 6) is -0.0316. The van der Waals surface area contributed by atoms with Crippen LogP contribution in [0.1, 0.15) is 54.5 Å². The molecular weight excluding hydrogens is 291 g/mol. The Bertz CT molecular complexity index is 683. The number of rotatable bonds is 1. The molecule has 2 aliphatic rings. The van der Waals surface area contributed by atoms with Gasteiger partial charge in [-0.15, -0.1) is 0 Å². The molecule has 2 aromatic rings.